The van der Waals surface area contributed by atoms with Crippen LogP contribution in [0.15, 0.2) is 24.5 Å². The minimum Gasteiger partial charge on any atom is -0.469 e. The molecule has 0 saturated carbocycles. The normalized spacial score (nSPS) is 11.6. The van der Waals surface area contributed by atoms with Crippen LogP contribution in [0.3, 0.4) is 0 Å². The molecule has 0 radical (unpaired) electrons. The zero-order valence-corrected chi connectivity index (χ0v) is 11.6. The molecule has 1 rings (SSSR count). The van der Waals surface area contributed by atoms with Gasteiger partial charge < -0.3 is 9.64 Å². The Bertz CT molecular complexity index is 377. The first kappa shape index (κ1) is 14.6. The van der Waals surface area contributed by atoms with E-state index in [-0.39, 0.29) is 5.97 Å². The molecule has 4 nitrogen and oxygen atoms in total. The van der Waals surface area contributed by atoms with E-state index in [0.717, 1.165) is 13.0 Å². The highest BCUT2D eigenvalue weighted by atomic mass is 16.5. The van der Waals surface area contributed by atoms with Crippen molar-refractivity contribution in [1.82, 2.24) is 9.88 Å². The molecule has 0 spiro atoms. The molecule has 1 aromatic rings. The number of hydrogen-bond donors (Lipinski definition) is 0. The quantitative estimate of drug-likeness (QED) is 0.721. The second kappa shape index (κ2) is 6.50. The van der Waals surface area contributed by atoms with Gasteiger partial charge in [-0.25, -0.2) is 0 Å². The van der Waals surface area contributed by atoms with Gasteiger partial charge >= 0.3 is 5.97 Å². The van der Waals surface area contributed by atoms with Crippen LogP contribution in [0.4, 0.5) is 0 Å². The van der Waals surface area contributed by atoms with Gasteiger partial charge in [0.25, 0.3) is 0 Å². The third kappa shape index (κ3) is 4.45. The first-order valence-corrected chi connectivity index (χ1v) is 6.11. The number of carbonyl (C=O) groups excluding carboxylic acids is 1. The molecule has 0 fully saturated rings. The predicted octanol–water partition coefficient (Wildman–Crippen LogP) is 1.76. The van der Waals surface area contributed by atoms with Crippen molar-refractivity contribution in [3.63, 3.8) is 0 Å². The molecular weight excluding hydrogens is 228 g/mol. The van der Waals surface area contributed by atoms with Gasteiger partial charge in [0.2, 0.25) is 0 Å². The molecule has 0 aliphatic rings. The van der Waals surface area contributed by atoms with Gasteiger partial charge in [-0.3, -0.25) is 9.78 Å². The molecule has 0 amide bonds. The highest BCUT2D eigenvalue weighted by molar-refractivity contribution is 5.76. The number of carbonyl (C=O) groups is 1. The van der Waals surface area contributed by atoms with Gasteiger partial charge in [-0.1, -0.05) is 0 Å². The number of rotatable bonds is 6. The van der Waals surface area contributed by atoms with E-state index in [1.54, 1.807) is 12.4 Å². The standard InChI is InChI=1S/C14H22N2O2/c1-14(2,13(17)18-4)11-16(3)10-7-12-5-8-15-9-6-12/h5-6,8-9H,7,10-11H2,1-4H3. The molecule has 0 aliphatic carbocycles. The number of likely N-dealkylation sites (N-methyl/N-ethyl adjacent to an activating group) is 1. The average Bonchev–Trinajstić information content (AvgIpc) is 2.36. The molecule has 4 heteroatoms. The van der Waals surface area contributed by atoms with Crippen LogP contribution in [0.25, 0.3) is 0 Å². The Morgan fingerprint density at radius 1 is 1.39 bits per heavy atom. The Labute approximate surface area is 109 Å². The van der Waals surface area contributed by atoms with Crippen LogP contribution in [-0.2, 0) is 16.0 Å². The molecule has 1 aromatic heterocycles. The number of nitrogens with zero attached hydrogens (tertiary/aromatic N) is 2. The lowest BCUT2D eigenvalue weighted by Crippen LogP contribution is -2.38. The number of hydrogen-bond acceptors (Lipinski definition) is 4. The van der Waals surface area contributed by atoms with E-state index < -0.39 is 5.41 Å². The molecule has 18 heavy (non-hydrogen) atoms. The maximum atomic E-state index is 11.6. The Balaban J connectivity index is 2.42. The summed E-state index contributed by atoms with van der Waals surface area (Å²) in [6, 6.07) is 4.03. The van der Waals surface area contributed by atoms with Crippen LogP contribution < -0.4 is 0 Å². The first-order valence-electron chi connectivity index (χ1n) is 6.11. The summed E-state index contributed by atoms with van der Waals surface area (Å²) in [6.07, 6.45) is 4.55. The Morgan fingerprint density at radius 2 is 2.00 bits per heavy atom. The monoisotopic (exact) mass is 250 g/mol. The molecular formula is C14H22N2O2. The summed E-state index contributed by atoms with van der Waals surface area (Å²) in [4.78, 5) is 17.7. The fourth-order valence-electron chi connectivity index (χ4n) is 1.96. The van der Waals surface area contributed by atoms with Crippen molar-refractivity contribution in [1.29, 1.82) is 0 Å². The molecule has 0 aliphatic heterocycles. The summed E-state index contributed by atoms with van der Waals surface area (Å²) in [5.41, 5.74) is 0.787. The topological polar surface area (TPSA) is 42.4 Å². The van der Waals surface area contributed by atoms with Crippen molar-refractivity contribution in [2.75, 3.05) is 27.2 Å². The average molecular weight is 250 g/mol. The first-order chi connectivity index (χ1) is 8.45. The SMILES string of the molecule is COC(=O)C(C)(C)CN(C)CCc1ccncc1. The van der Waals surface area contributed by atoms with Gasteiger partial charge in [0.1, 0.15) is 0 Å². The summed E-state index contributed by atoms with van der Waals surface area (Å²) in [5, 5.41) is 0. The van der Waals surface area contributed by atoms with E-state index in [4.69, 9.17) is 4.74 Å². The number of pyridine rings is 1. The summed E-state index contributed by atoms with van der Waals surface area (Å²) in [7, 11) is 3.45. The maximum Gasteiger partial charge on any atom is 0.312 e. The minimum absolute atomic E-state index is 0.168. The zero-order valence-electron chi connectivity index (χ0n) is 11.6. The third-order valence-corrected chi connectivity index (χ3v) is 2.93. The van der Waals surface area contributed by atoms with Gasteiger partial charge in [0, 0.05) is 25.5 Å². The van der Waals surface area contributed by atoms with E-state index in [9.17, 15) is 4.79 Å². The predicted molar refractivity (Wildman–Crippen MR) is 71.2 cm³/mol. The minimum atomic E-state index is -0.470. The van der Waals surface area contributed by atoms with E-state index in [0.29, 0.717) is 6.54 Å². The molecule has 0 saturated heterocycles. The van der Waals surface area contributed by atoms with Crippen molar-refractivity contribution >= 4 is 5.97 Å². The van der Waals surface area contributed by atoms with Gasteiger partial charge in [0.05, 0.1) is 12.5 Å². The fourth-order valence-corrected chi connectivity index (χ4v) is 1.96. The zero-order chi connectivity index (χ0) is 13.6. The van der Waals surface area contributed by atoms with Crippen LogP contribution in [0.5, 0.6) is 0 Å². The number of ether oxygens (including phenoxy) is 1. The highest BCUT2D eigenvalue weighted by Crippen LogP contribution is 2.18. The smallest absolute Gasteiger partial charge is 0.312 e. The lowest BCUT2D eigenvalue weighted by Gasteiger charge is -2.27. The fraction of sp³-hybridized carbons (Fsp3) is 0.571. The summed E-state index contributed by atoms with van der Waals surface area (Å²) in [6.45, 7) is 5.40. The Morgan fingerprint density at radius 3 is 2.56 bits per heavy atom. The van der Waals surface area contributed by atoms with Gasteiger partial charge in [-0.2, -0.15) is 0 Å². The number of esters is 1. The van der Waals surface area contributed by atoms with Crippen molar-refractivity contribution in [2.24, 2.45) is 5.41 Å². The van der Waals surface area contributed by atoms with E-state index in [1.165, 1.54) is 12.7 Å². The summed E-state index contributed by atoms with van der Waals surface area (Å²) >= 11 is 0. The van der Waals surface area contributed by atoms with Crippen molar-refractivity contribution < 1.29 is 9.53 Å². The van der Waals surface area contributed by atoms with Crippen LogP contribution in [0, 0.1) is 5.41 Å². The second-order valence-electron chi connectivity index (χ2n) is 5.22. The van der Waals surface area contributed by atoms with Crippen LogP contribution in [-0.4, -0.2) is 43.1 Å². The number of aromatic nitrogens is 1. The number of methoxy groups -OCH3 is 1. The van der Waals surface area contributed by atoms with Crippen molar-refractivity contribution in [3.8, 4) is 0 Å². The maximum absolute atomic E-state index is 11.6. The van der Waals surface area contributed by atoms with E-state index in [1.807, 2.05) is 33.0 Å². The highest BCUT2D eigenvalue weighted by Gasteiger charge is 2.29. The molecule has 0 N–H and O–H groups in total. The van der Waals surface area contributed by atoms with Crippen LogP contribution in [0.2, 0.25) is 0 Å². The molecule has 0 aromatic carbocycles. The van der Waals surface area contributed by atoms with E-state index >= 15 is 0 Å². The molecule has 0 unspecified atom stereocenters. The Kier molecular flexibility index (Phi) is 5.28. The third-order valence-electron chi connectivity index (χ3n) is 2.93. The molecule has 1 heterocycles. The largest absolute Gasteiger partial charge is 0.469 e. The van der Waals surface area contributed by atoms with E-state index in [2.05, 4.69) is 9.88 Å². The van der Waals surface area contributed by atoms with Crippen molar-refractivity contribution in [2.45, 2.75) is 20.3 Å². The van der Waals surface area contributed by atoms with Crippen molar-refractivity contribution in [3.05, 3.63) is 30.1 Å². The van der Waals surface area contributed by atoms with Crippen LogP contribution >= 0.6 is 0 Å². The molecule has 0 bridgehead atoms. The van der Waals surface area contributed by atoms with Crippen LogP contribution in [0.1, 0.15) is 19.4 Å². The van der Waals surface area contributed by atoms with Gasteiger partial charge in [-0.05, 0) is 45.0 Å². The van der Waals surface area contributed by atoms with Gasteiger partial charge in [-0.15, -0.1) is 0 Å². The summed E-state index contributed by atoms with van der Waals surface area (Å²) in [5.74, 6) is -0.168. The lowest BCUT2D eigenvalue weighted by molar-refractivity contribution is -0.151. The molecule has 100 valence electrons. The molecule has 0 atom stereocenters. The lowest BCUT2D eigenvalue weighted by atomic mass is 9.93. The Hall–Kier alpha value is -1.42. The van der Waals surface area contributed by atoms with Gasteiger partial charge in [0.15, 0.2) is 0 Å². The summed E-state index contributed by atoms with van der Waals surface area (Å²) < 4.78 is 4.80. The second-order valence-corrected chi connectivity index (χ2v) is 5.22.